The first-order valence-electron chi connectivity index (χ1n) is 7.87. The molecule has 0 spiro atoms. The second-order valence-corrected chi connectivity index (χ2v) is 6.21. The van der Waals surface area contributed by atoms with Gasteiger partial charge in [0.1, 0.15) is 0 Å². The number of hydrazine groups is 1. The highest BCUT2D eigenvalue weighted by Gasteiger charge is 2.14. The third-order valence-electron chi connectivity index (χ3n) is 3.84. The zero-order valence-corrected chi connectivity index (χ0v) is 15.0. The summed E-state index contributed by atoms with van der Waals surface area (Å²) in [5, 5.41) is 10.3. The molecule has 0 unspecified atom stereocenters. The van der Waals surface area contributed by atoms with Crippen molar-refractivity contribution in [1.29, 1.82) is 0 Å². The second kappa shape index (κ2) is 7.32. The lowest BCUT2D eigenvalue weighted by Gasteiger charge is -2.14. The lowest BCUT2D eigenvalue weighted by atomic mass is 10.1. The number of H-pyrrole nitrogens is 1. The number of carbonyl (C=O) groups excluding carboxylic acids is 1. The van der Waals surface area contributed by atoms with E-state index in [1.54, 1.807) is 24.3 Å². The summed E-state index contributed by atoms with van der Waals surface area (Å²) >= 11 is 5.21. The highest BCUT2D eigenvalue weighted by molar-refractivity contribution is 7.80. The molecule has 0 saturated carbocycles. The molecule has 0 atom stereocenters. The third kappa shape index (κ3) is 3.70. The first kappa shape index (κ1) is 17.6. The molecule has 132 valence electrons. The normalized spacial score (nSPS) is 10.4. The first-order chi connectivity index (χ1) is 12.5. The molecule has 8 heteroatoms. The summed E-state index contributed by atoms with van der Waals surface area (Å²) in [6.07, 6.45) is 0. The number of aromatic amines is 1. The summed E-state index contributed by atoms with van der Waals surface area (Å²) < 4.78 is 0. The van der Waals surface area contributed by atoms with Gasteiger partial charge in [0, 0.05) is 11.1 Å². The van der Waals surface area contributed by atoms with E-state index in [1.807, 2.05) is 32.0 Å². The summed E-state index contributed by atoms with van der Waals surface area (Å²) in [6.45, 7) is 3.94. The Hall–Kier alpha value is -3.26. The van der Waals surface area contributed by atoms with Gasteiger partial charge in [-0.05, 0) is 49.3 Å². The molecule has 3 aromatic rings. The first-order valence-corrected chi connectivity index (χ1v) is 8.28. The molecule has 0 aliphatic heterocycles. The van der Waals surface area contributed by atoms with Crippen molar-refractivity contribution in [3.05, 3.63) is 69.6 Å². The van der Waals surface area contributed by atoms with Gasteiger partial charge in [0.25, 0.3) is 11.5 Å². The number of benzene rings is 2. The van der Waals surface area contributed by atoms with Gasteiger partial charge in [-0.1, -0.05) is 30.3 Å². The summed E-state index contributed by atoms with van der Waals surface area (Å²) in [5.74, 6) is -0.512. The van der Waals surface area contributed by atoms with E-state index in [0.29, 0.717) is 10.8 Å². The summed E-state index contributed by atoms with van der Waals surface area (Å²) in [6, 6.07) is 12.7. The van der Waals surface area contributed by atoms with E-state index in [1.165, 1.54) is 0 Å². The summed E-state index contributed by atoms with van der Waals surface area (Å²) in [7, 11) is 0. The van der Waals surface area contributed by atoms with Crippen molar-refractivity contribution in [2.45, 2.75) is 13.8 Å². The van der Waals surface area contributed by atoms with Gasteiger partial charge < -0.3 is 5.32 Å². The van der Waals surface area contributed by atoms with E-state index in [-0.39, 0.29) is 16.4 Å². The lowest BCUT2D eigenvalue weighted by Crippen LogP contribution is -2.44. The minimum absolute atomic E-state index is 0.0993. The highest BCUT2D eigenvalue weighted by Crippen LogP contribution is 2.16. The minimum Gasteiger partial charge on any atom is -0.331 e. The van der Waals surface area contributed by atoms with Gasteiger partial charge in [-0.2, -0.15) is 5.10 Å². The van der Waals surface area contributed by atoms with E-state index in [0.717, 1.165) is 16.8 Å². The fourth-order valence-corrected chi connectivity index (χ4v) is 2.65. The number of hydrogen-bond acceptors (Lipinski definition) is 4. The van der Waals surface area contributed by atoms with Crippen LogP contribution < -0.4 is 21.7 Å². The quantitative estimate of drug-likeness (QED) is 0.409. The number of aryl methyl sites for hydroxylation is 2. The standard InChI is InChI=1S/C18H17N5O2S/c1-10-7-8-11(2)14(9-10)19-18(26)23-22-17(25)15-12-5-3-4-6-13(12)16(24)21-20-15/h3-9H,1-2H3,(H,21,24)(H,22,25)(H2,19,23,26). The number of nitrogens with one attached hydrogen (secondary N) is 4. The summed E-state index contributed by atoms with van der Waals surface area (Å²) in [4.78, 5) is 24.2. The average molecular weight is 367 g/mol. The van der Waals surface area contributed by atoms with Gasteiger partial charge in [-0.3, -0.25) is 20.4 Å². The van der Waals surface area contributed by atoms with Crippen molar-refractivity contribution < 1.29 is 4.79 Å². The Morgan fingerprint density at radius 2 is 1.81 bits per heavy atom. The van der Waals surface area contributed by atoms with Crippen molar-refractivity contribution in [2.75, 3.05) is 5.32 Å². The Morgan fingerprint density at radius 1 is 1.08 bits per heavy atom. The van der Waals surface area contributed by atoms with Gasteiger partial charge >= 0.3 is 0 Å². The maximum atomic E-state index is 12.4. The van der Waals surface area contributed by atoms with Crippen LogP contribution in [0, 0.1) is 13.8 Å². The smallest absolute Gasteiger partial charge is 0.290 e. The molecule has 0 bridgehead atoms. The van der Waals surface area contributed by atoms with E-state index in [9.17, 15) is 9.59 Å². The van der Waals surface area contributed by atoms with Crippen molar-refractivity contribution in [3.63, 3.8) is 0 Å². The number of aromatic nitrogens is 2. The number of carbonyl (C=O) groups is 1. The van der Waals surface area contributed by atoms with Gasteiger partial charge in [-0.25, -0.2) is 5.10 Å². The molecule has 2 aromatic carbocycles. The molecule has 4 N–H and O–H groups in total. The van der Waals surface area contributed by atoms with E-state index < -0.39 is 5.91 Å². The third-order valence-corrected chi connectivity index (χ3v) is 4.05. The maximum Gasteiger partial charge on any atom is 0.290 e. The molecule has 0 aliphatic rings. The molecule has 0 radical (unpaired) electrons. The average Bonchev–Trinajstić information content (AvgIpc) is 2.63. The van der Waals surface area contributed by atoms with Crippen LogP contribution in [0.25, 0.3) is 10.8 Å². The predicted octanol–water partition coefficient (Wildman–Crippen LogP) is 2.17. The van der Waals surface area contributed by atoms with Gasteiger partial charge in [0.15, 0.2) is 10.8 Å². The van der Waals surface area contributed by atoms with Crippen molar-refractivity contribution in [2.24, 2.45) is 0 Å². The number of amides is 1. The molecule has 3 rings (SSSR count). The number of anilines is 1. The van der Waals surface area contributed by atoms with Crippen molar-refractivity contribution >= 4 is 39.7 Å². The van der Waals surface area contributed by atoms with Gasteiger partial charge in [0.05, 0.1) is 5.39 Å². The molecule has 0 fully saturated rings. The maximum absolute atomic E-state index is 12.4. The SMILES string of the molecule is Cc1ccc(C)c(NC(=S)NNC(=O)c2n[nH]c(=O)c3ccccc23)c1. The van der Waals surface area contributed by atoms with Crippen LogP contribution in [0.1, 0.15) is 21.6 Å². The van der Waals surface area contributed by atoms with Crippen molar-refractivity contribution in [3.8, 4) is 0 Å². The second-order valence-electron chi connectivity index (χ2n) is 5.80. The molecule has 7 nitrogen and oxygen atoms in total. The Kier molecular flexibility index (Phi) is 4.94. The van der Waals surface area contributed by atoms with Crippen LogP contribution in [0.4, 0.5) is 5.69 Å². The van der Waals surface area contributed by atoms with Crippen LogP contribution in [0.5, 0.6) is 0 Å². The fraction of sp³-hybridized carbons (Fsp3) is 0.111. The fourth-order valence-electron chi connectivity index (χ4n) is 2.48. The molecule has 0 aliphatic carbocycles. The van der Waals surface area contributed by atoms with Crippen LogP contribution in [-0.2, 0) is 0 Å². The topological polar surface area (TPSA) is 98.9 Å². The van der Waals surface area contributed by atoms with Crippen LogP contribution in [0.2, 0.25) is 0 Å². The minimum atomic E-state index is -0.512. The Labute approximate surface area is 154 Å². The van der Waals surface area contributed by atoms with Gasteiger partial charge in [0.2, 0.25) is 0 Å². The van der Waals surface area contributed by atoms with E-state index >= 15 is 0 Å². The number of nitrogens with zero attached hydrogens (tertiary/aromatic N) is 1. The van der Waals surface area contributed by atoms with Crippen molar-refractivity contribution in [1.82, 2.24) is 21.0 Å². The molecule has 26 heavy (non-hydrogen) atoms. The molecular formula is C18H17N5O2S. The predicted molar refractivity (Wildman–Crippen MR) is 105 cm³/mol. The van der Waals surface area contributed by atoms with Crippen LogP contribution in [-0.4, -0.2) is 21.2 Å². The van der Waals surface area contributed by atoms with Crippen LogP contribution >= 0.6 is 12.2 Å². The molecule has 1 amide bonds. The zero-order valence-electron chi connectivity index (χ0n) is 14.2. The lowest BCUT2D eigenvalue weighted by molar-refractivity contribution is 0.0940. The van der Waals surface area contributed by atoms with Crippen LogP contribution in [0.15, 0.2) is 47.3 Å². The number of hydrogen-bond donors (Lipinski definition) is 4. The highest BCUT2D eigenvalue weighted by atomic mass is 32.1. The molecule has 0 saturated heterocycles. The zero-order chi connectivity index (χ0) is 18.7. The molecule has 1 aromatic heterocycles. The van der Waals surface area contributed by atoms with E-state index in [2.05, 4.69) is 26.4 Å². The molecule has 1 heterocycles. The Morgan fingerprint density at radius 3 is 2.58 bits per heavy atom. The Bertz CT molecular complexity index is 1060. The monoisotopic (exact) mass is 367 g/mol. The van der Waals surface area contributed by atoms with E-state index in [4.69, 9.17) is 12.2 Å². The van der Waals surface area contributed by atoms with Crippen LogP contribution in [0.3, 0.4) is 0 Å². The number of rotatable bonds is 2. The number of fused-ring (bicyclic) bond motifs is 1. The summed E-state index contributed by atoms with van der Waals surface area (Å²) in [5.41, 5.74) is 7.85. The van der Waals surface area contributed by atoms with Gasteiger partial charge in [-0.15, -0.1) is 0 Å². The number of thiocarbonyl (C=S) groups is 1. The largest absolute Gasteiger partial charge is 0.331 e. The molecular weight excluding hydrogens is 350 g/mol. The Balaban J connectivity index is 1.71.